The molecule has 3 rings (SSSR count). The first-order valence-electron chi connectivity index (χ1n) is 6.18. The number of hydrogen-bond acceptors (Lipinski definition) is 3. The summed E-state index contributed by atoms with van der Waals surface area (Å²) >= 11 is 3.35. The number of nitroso groups, excluding NO2 is 1. The molecule has 0 saturated carbocycles. The highest BCUT2D eigenvalue weighted by Crippen LogP contribution is 2.40. The minimum absolute atomic E-state index is 0.267. The molecule has 1 unspecified atom stereocenters. The fourth-order valence-electron chi connectivity index (χ4n) is 2.42. The molecule has 1 heterocycles. The molecule has 20 heavy (non-hydrogen) atoms. The zero-order valence-electron chi connectivity index (χ0n) is 10.5. The molecule has 2 aromatic carbocycles. The third kappa shape index (κ3) is 2.14. The van der Waals surface area contributed by atoms with Gasteiger partial charge in [-0.25, -0.2) is 0 Å². The molecule has 0 N–H and O–H groups in total. The Balaban J connectivity index is 2.01. The van der Waals surface area contributed by atoms with Crippen LogP contribution in [0.25, 0.3) is 0 Å². The van der Waals surface area contributed by atoms with E-state index >= 15 is 0 Å². The minimum atomic E-state index is -0.939. The first kappa shape index (κ1) is 13.0. The van der Waals surface area contributed by atoms with Gasteiger partial charge >= 0.3 is 0 Å². The number of anilines is 1. The van der Waals surface area contributed by atoms with Gasteiger partial charge in [0.25, 0.3) is 5.91 Å². The van der Waals surface area contributed by atoms with Crippen molar-refractivity contribution in [3.8, 4) is 0 Å². The average molecular weight is 331 g/mol. The lowest BCUT2D eigenvalue weighted by Gasteiger charge is -2.17. The molecular formula is C15H11BrN2O2. The number of amides is 1. The van der Waals surface area contributed by atoms with E-state index in [1.807, 2.05) is 42.5 Å². The number of rotatable bonds is 3. The number of hydrogen-bond donors (Lipinski definition) is 0. The second-order valence-electron chi connectivity index (χ2n) is 4.62. The molecule has 1 aliphatic heterocycles. The third-order valence-electron chi connectivity index (χ3n) is 3.36. The van der Waals surface area contributed by atoms with Gasteiger partial charge in [0, 0.05) is 10.0 Å². The van der Waals surface area contributed by atoms with E-state index in [1.165, 1.54) is 0 Å². The van der Waals surface area contributed by atoms with E-state index in [-0.39, 0.29) is 5.91 Å². The van der Waals surface area contributed by atoms with Crippen LogP contribution in [0.2, 0.25) is 0 Å². The van der Waals surface area contributed by atoms with E-state index in [1.54, 1.807) is 11.0 Å². The van der Waals surface area contributed by atoms with Crippen molar-refractivity contribution in [2.45, 2.75) is 12.6 Å². The van der Waals surface area contributed by atoms with Gasteiger partial charge in [-0.15, -0.1) is 4.91 Å². The quantitative estimate of drug-likeness (QED) is 0.803. The normalized spacial score (nSPS) is 17.1. The van der Waals surface area contributed by atoms with Gasteiger partial charge in [-0.3, -0.25) is 4.79 Å². The number of carbonyl (C=O) groups is 1. The maximum absolute atomic E-state index is 12.3. The molecule has 0 spiro atoms. The fraction of sp³-hybridized carbons (Fsp3) is 0.133. The maximum Gasteiger partial charge on any atom is 0.260 e. The van der Waals surface area contributed by atoms with Crippen molar-refractivity contribution >= 4 is 27.5 Å². The Bertz CT molecular complexity index is 673. The van der Waals surface area contributed by atoms with Gasteiger partial charge in [-0.05, 0) is 23.8 Å². The smallest absolute Gasteiger partial charge is 0.260 e. The minimum Gasteiger partial charge on any atom is -0.305 e. The van der Waals surface area contributed by atoms with Crippen LogP contribution >= 0.6 is 15.9 Å². The van der Waals surface area contributed by atoms with Crippen molar-refractivity contribution in [2.24, 2.45) is 5.18 Å². The SMILES string of the molecule is O=NC1C(=O)N(Cc2ccccc2)c2ccc(Br)cc21. The number of carbonyl (C=O) groups excluding carboxylic acids is 1. The average Bonchev–Trinajstić information content (AvgIpc) is 2.71. The second-order valence-corrected chi connectivity index (χ2v) is 5.54. The highest BCUT2D eigenvalue weighted by molar-refractivity contribution is 9.10. The fourth-order valence-corrected chi connectivity index (χ4v) is 2.80. The largest absolute Gasteiger partial charge is 0.305 e. The highest BCUT2D eigenvalue weighted by atomic mass is 79.9. The third-order valence-corrected chi connectivity index (χ3v) is 3.86. The Hall–Kier alpha value is -2.01. The van der Waals surface area contributed by atoms with Crippen molar-refractivity contribution in [3.63, 3.8) is 0 Å². The van der Waals surface area contributed by atoms with Crippen LogP contribution in [0.5, 0.6) is 0 Å². The summed E-state index contributed by atoms with van der Waals surface area (Å²) < 4.78 is 0.833. The predicted molar refractivity (Wildman–Crippen MR) is 80.3 cm³/mol. The molecule has 1 amide bonds. The topological polar surface area (TPSA) is 49.7 Å². The van der Waals surface area contributed by atoms with Gasteiger partial charge in [0.1, 0.15) is 0 Å². The molecule has 0 saturated heterocycles. The molecule has 100 valence electrons. The second kappa shape index (κ2) is 5.17. The number of benzene rings is 2. The number of fused-ring (bicyclic) bond motifs is 1. The first-order chi connectivity index (χ1) is 9.70. The van der Waals surface area contributed by atoms with Gasteiger partial charge in [0.05, 0.1) is 12.2 Å². The van der Waals surface area contributed by atoms with Crippen LogP contribution in [0, 0.1) is 4.91 Å². The van der Waals surface area contributed by atoms with Gasteiger partial charge in [0.2, 0.25) is 0 Å². The Kier molecular flexibility index (Phi) is 3.36. The summed E-state index contributed by atoms with van der Waals surface area (Å²) in [6, 6.07) is 14.2. The van der Waals surface area contributed by atoms with Crippen molar-refractivity contribution in [2.75, 3.05) is 4.90 Å². The molecule has 0 fully saturated rings. The van der Waals surface area contributed by atoms with Gasteiger partial charge in [-0.1, -0.05) is 51.4 Å². The van der Waals surface area contributed by atoms with E-state index in [4.69, 9.17) is 0 Å². The highest BCUT2D eigenvalue weighted by Gasteiger charge is 2.38. The van der Waals surface area contributed by atoms with Crippen molar-refractivity contribution in [3.05, 3.63) is 69.0 Å². The van der Waals surface area contributed by atoms with E-state index in [9.17, 15) is 9.70 Å². The van der Waals surface area contributed by atoms with Crippen molar-refractivity contribution in [1.82, 2.24) is 0 Å². The van der Waals surface area contributed by atoms with Crippen LogP contribution in [0.1, 0.15) is 17.2 Å². The lowest BCUT2D eigenvalue weighted by Crippen LogP contribution is -2.27. The number of halogens is 1. The Morgan fingerprint density at radius 1 is 1.15 bits per heavy atom. The van der Waals surface area contributed by atoms with Crippen LogP contribution < -0.4 is 4.90 Å². The lowest BCUT2D eigenvalue weighted by atomic mass is 10.1. The van der Waals surface area contributed by atoms with E-state index < -0.39 is 6.04 Å². The molecule has 0 aromatic heterocycles. The monoisotopic (exact) mass is 330 g/mol. The lowest BCUT2D eigenvalue weighted by molar-refractivity contribution is -0.119. The van der Waals surface area contributed by atoms with Crippen LogP contribution in [0.3, 0.4) is 0 Å². The van der Waals surface area contributed by atoms with Crippen LogP contribution in [0.4, 0.5) is 5.69 Å². The molecule has 4 nitrogen and oxygen atoms in total. The van der Waals surface area contributed by atoms with Gasteiger partial charge in [-0.2, -0.15) is 0 Å². The molecule has 2 aromatic rings. The molecule has 1 aliphatic rings. The molecular weight excluding hydrogens is 320 g/mol. The predicted octanol–water partition coefficient (Wildman–Crippen LogP) is 3.80. The van der Waals surface area contributed by atoms with Crippen LogP contribution in [-0.4, -0.2) is 5.91 Å². The molecule has 1 atom stereocenters. The van der Waals surface area contributed by atoms with Gasteiger partial charge < -0.3 is 4.90 Å². The first-order valence-corrected chi connectivity index (χ1v) is 6.97. The van der Waals surface area contributed by atoms with E-state index in [0.717, 1.165) is 15.7 Å². The van der Waals surface area contributed by atoms with Crippen LogP contribution in [-0.2, 0) is 11.3 Å². The summed E-state index contributed by atoms with van der Waals surface area (Å²) in [5.74, 6) is -0.267. The Morgan fingerprint density at radius 2 is 1.90 bits per heavy atom. The van der Waals surface area contributed by atoms with Crippen LogP contribution in [0.15, 0.2) is 58.2 Å². The zero-order valence-corrected chi connectivity index (χ0v) is 12.1. The van der Waals surface area contributed by atoms with E-state index in [2.05, 4.69) is 21.1 Å². The summed E-state index contributed by atoms with van der Waals surface area (Å²) in [4.78, 5) is 24.9. The summed E-state index contributed by atoms with van der Waals surface area (Å²) in [6.45, 7) is 0.445. The molecule has 0 radical (unpaired) electrons. The summed E-state index contributed by atoms with van der Waals surface area (Å²) in [5.41, 5.74) is 2.43. The summed E-state index contributed by atoms with van der Waals surface area (Å²) in [7, 11) is 0. The Labute approximate surface area is 124 Å². The van der Waals surface area contributed by atoms with Crippen molar-refractivity contribution in [1.29, 1.82) is 0 Å². The van der Waals surface area contributed by atoms with E-state index in [0.29, 0.717) is 12.1 Å². The number of nitrogens with zero attached hydrogens (tertiary/aromatic N) is 2. The Morgan fingerprint density at radius 3 is 2.60 bits per heavy atom. The van der Waals surface area contributed by atoms with Gasteiger partial charge in [0.15, 0.2) is 6.04 Å². The molecule has 0 bridgehead atoms. The zero-order chi connectivity index (χ0) is 14.1. The molecule has 5 heteroatoms. The maximum atomic E-state index is 12.3. The van der Waals surface area contributed by atoms with Crippen molar-refractivity contribution < 1.29 is 4.79 Å². The summed E-state index contributed by atoms with van der Waals surface area (Å²) in [6.07, 6.45) is 0. The molecule has 0 aliphatic carbocycles. The summed E-state index contributed by atoms with van der Waals surface area (Å²) in [5, 5.41) is 2.98. The standard InChI is InChI=1S/C15H11BrN2O2/c16-11-6-7-13-12(8-11)14(17-20)15(19)18(13)9-10-4-2-1-3-5-10/h1-8,14H,9H2.